The molecule has 2 aliphatic rings. The third kappa shape index (κ3) is 27.6. The van der Waals surface area contributed by atoms with Crippen LogP contribution in [0, 0.1) is 23.7 Å². The summed E-state index contributed by atoms with van der Waals surface area (Å²) in [6.45, 7) is 18.4. The average molecular weight is 1460 g/mol. The van der Waals surface area contributed by atoms with Crippen LogP contribution in [0.4, 0.5) is 9.59 Å². The first-order chi connectivity index (χ1) is 49.9. The molecule has 0 saturated carbocycles. The fraction of sp³-hybridized carbons (Fsp3) is 0.538. The highest BCUT2D eigenvalue weighted by atomic mass is 16.6. The number of carbonyl (C=O) groups is 12. The van der Waals surface area contributed by atoms with Gasteiger partial charge in [-0.15, -0.1) is 0 Å². The number of nitrogens with zero attached hydrogens (tertiary/aromatic N) is 2. The lowest BCUT2D eigenvalue weighted by molar-refractivity contribution is -0.155. The summed E-state index contributed by atoms with van der Waals surface area (Å²) in [6.07, 6.45) is -0.0182. The number of esters is 1. The van der Waals surface area contributed by atoms with E-state index in [0.717, 1.165) is 11.1 Å². The smallest absolute Gasteiger partial charge is 0.408 e. The molecule has 27 heteroatoms. The van der Waals surface area contributed by atoms with Gasteiger partial charge in [0.15, 0.2) is 0 Å². The molecule has 10 atom stereocenters. The van der Waals surface area contributed by atoms with Crippen LogP contribution < -0.4 is 47.9 Å². The van der Waals surface area contributed by atoms with E-state index in [1.807, 2.05) is 82.3 Å². The lowest BCUT2D eigenvalue weighted by atomic mass is 9.99. The topological polar surface area (TPSA) is 368 Å². The molecule has 2 saturated heterocycles. The van der Waals surface area contributed by atoms with Gasteiger partial charge in [-0.05, 0) is 118 Å². The van der Waals surface area contributed by atoms with Crippen molar-refractivity contribution in [2.45, 2.75) is 220 Å². The van der Waals surface area contributed by atoms with Crippen LogP contribution in [-0.2, 0) is 88.2 Å². The molecule has 0 radical (unpaired) electrons. The Morgan fingerprint density at radius 1 is 0.448 bits per heavy atom. The fourth-order valence-electron chi connectivity index (χ4n) is 12.4. The van der Waals surface area contributed by atoms with Gasteiger partial charge in [-0.3, -0.25) is 43.2 Å². The van der Waals surface area contributed by atoms with E-state index < -0.39 is 156 Å². The van der Waals surface area contributed by atoms with Gasteiger partial charge in [-0.2, -0.15) is 0 Å². The maximum Gasteiger partial charge on any atom is 0.408 e. The van der Waals surface area contributed by atoms with Gasteiger partial charge in [0, 0.05) is 32.5 Å². The van der Waals surface area contributed by atoms with Gasteiger partial charge in [0.05, 0.1) is 6.61 Å². The SMILES string of the molecule is CC(C)C[C@H](NC(=O)[C@H](CCCNC(=O)OCc1ccccc1)NC(=O)[C@@H](NC(=O)OC(C)(C)C)C(C)C)C(=O)N[C@H](Cc1ccccc1)C(=O)N1CCC[C@H]1C(=O)N[C@H](C(=O)N[C@@H](CO)C(=O)N[C@@H](CC(C)C)C(=O)N[C@H](Cc1ccccc1)C(=O)N1CCC[C@H]1C(=O)OCc1ccccc1)C(C)C. The van der Waals surface area contributed by atoms with Gasteiger partial charge >= 0.3 is 18.2 Å². The molecule has 2 aliphatic heterocycles. The van der Waals surface area contributed by atoms with E-state index in [-0.39, 0.29) is 89.6 Å². The van der Waals surface area contributed by atoms with E-state index >= 15 is 4.79 Å². The summed E-state index contributed by atoms with van der Waals surface area (Å²) >= 11 is 0. The number of alkyl carbamates (subject to hydrolysis) is 2. The van der Waals surface area contributed by atoms with Crippen LogP contribution in [0.1, 0.15) is 150 Å². The minimum atomic E-state index is -1.65. The average Bonchev–Trinajstić information content (AvgIpc) is 1.68. The van der Waals surface area contributed by atoms with Gasteiger partial charge in [0.25, 0.3) is 0 Å². The van der Waals surface area contributed by atoms with Crippen molar-refractivity contribution >= 4 is 71.3 Å². The van der Waals surface area contributed by atoms with Gasteiger partial charge in [0.2, 0.25) is 53.2 Å². The van der Waals surface area contributed by atoms with Crippen molar-refractivity contribution in [2.24, 2.45) is 23.7 Å². The summed E-state index contributed by atoms with van der Waals surface area (Å²) in [4.78, 5) is 173. The van der Waals surface area contributed by atoms with E-state index in [2.05, 4.69) is 47.9 Å². The Hall–Kier alpha value is -9.92. The first-order valence-electron chi connectivity index (χ1n) is 36.5. The van der Waals surface area contributed by atoms with Crippen LogP contribution in [0.3, 0.4) is 0 Å². The third-order valence-corrected chi connectivity index (χ3v) is 17.8. The molecule has 0 spiro atoms. The van der Waals surface area contributed by atoms with Crippen molar-refractivity contribution in [2.75, 3.05) is 26.2 Å². The first kappa shape index (κ1) is 84.0. The number of aliphatic hydroxyl groups is 1. The van der Waals surface area contributed by atoms with Crippen molar-refractivity contribution in [1.82, 2.24) is 57.7 Å². The zero-order chi connectivity index (χ0) is 76.9. The molecule has 0 aromatic heterocycles. The van der Waals surface area contributed by atoms with E-state index in [9.17, 15) is 57.8 Å². The van der Waals surface area contributed by atoms with E-state index in [1.54, 1.807) is 115 Å². The number of rotatable bonds is 37. The second kappa shape index (κ2) is 41.5. The van der Waals surface area contributed by atoms with Gasteiger partial charge < -0.3 is 77.0 Å². The Morgan fingerprint density at radius 3 is 1.27 bits per heavy atom. The van der Waals surface area contributed by atoms with Crippen LogP contribution in [0.15, 0.2) is 121 Å². The van der Waals surface area contributed by atoms with Crippen molar-refractivity contribution in [3.05, 3.63) is 144 Å². The Morgan fingerprint density at radius 2 is 0.829 bits per heavy atom. The molecular formula is C78H109N11O16. The molecule has 0 bridgehead atoms. The van der Waals surface area contributed by atoms with Crippen LogP contribution in [0.25, 0.3) is 0 Å². The summed E-state index contributed by atoms with van der Waals surface area (Å²) in [6, 6.07) is 23.3. The lowest BCUT2D eigenvalue weighted by Crippen LogP contribution is -2.62. The van der Waals surface area contributed by atoms with E-state index in [0.29, 0.717) is 30.4 Å². The number of hydrogen-bond donors (Lipinski definition) is 10. The monoisotopic (exact) mass is 1460 g/mol. The molecule has 572 valence electrons. The van der Waals surface area contributed by atoms with Gasteiger partial charge in [0.1, 0.15) is 79.2 Å². The number of nitrogens with one attached hydrogen (secondary N) is 9. The largest absolute Gasteiger partial charge is 0.459 e. The number of carbonyl (C=O) groups excluding carboxylic acids is 12. The first-order valence-corrected chi connectivity index (χ1v) is 36.5. The van der Waals surface area contributed by atoms with Crippen LogP contribution in [0.5, 0.6) is 0 Å². The van der Waals surface area contributed by atoms with E-state index in [1.165, 1.54) is 9.80 Å². The number of likely N-dealkylation sites (tertiary alicyclic amines) is 2. The Labute approximate surface area is 616 Å². The number of benzene rings is 4. The standard InChI is InChI=1S/C78H109N11O16/c1-48(2)41-57(81-66(91)56(35-24-38-79-76(101)104-47-55-33-22-15-23-34-55)80-72(97)65(51(7)8)87-77(102)105-78(9,10)11)67(92)83-59(43-52-27-16-12-17-28-52)73(98)88-39-25-36-62(88)70(95)86-64(50(5)6)71(96)85-61(45-90)69(94)82-58(42-49(3)4)68(93)84-60(44-53-29-18-13-19-30-53)74(99)89-40-26-37-63(89)75(100)103-46-54-31-20-14-21-32-54/h12-23,27-34,48-51,56-65,90H,24-26,35-47H2,1-11H3,(H,79,101)(H,80,97)(H,81,91)(H,82,94)(H,83,92)(H,84,93)(H,85,96)(H,86,95)(H,87,102)/t56-,57-,58-,59+,60+,61-,62-,63-,64-,65-/m0/s1. The zero-order valence-electron chi connectivity index (χ0n) is 62.4. The summed E-state index contributed by atoms with van der Waals surface area (Å²) in [5.41, 5.74) is 2.00. The number of aliphatic hydroxyl groups excluding tert-OH is 1. The number of ether oxygens (including phenoxy) is 3. The normalized spacial score (nSPS) is 16.6. The van der Waals surface area contributed by atoms with Crippen molar-refractivity contribution in [3.63, 3.8) is 0 Å². The zero-order valence-corrected chi connectivity index (χ0v) is 62.4. The minimum absolute atomic E-state index is 0.00819. The molecule has 0 unspecified atom stereocenters. The fourth-order valence-corrected chi connectivity index (χ4v) is 12.4. The Kier molecular flexibility index (Phi) is 33.2. The summed E-state index contributed by atoms with van der Waals surface area (Å²) < 4.78 is 16.4. The van der Waals surface area contributed by atoms with Crippen LogP contribution in [0.2, 0.25) is 0 Å². The minimum Gasteiger partial charge on any atom is -0.459 e. The van der Waals surface area contributed by atoms with Crippen molar-refractivity contribution in [1.29, 1.82) is 0 Å². The van der Waals surface area contributed by atoms with E-state index in [4.69, 9.17) is 14.2 Å². The third-order valence-electron chi connectivity index (χ3n) is 17.8. The molecule has 4 aromatic carbocycles. The second-order valence-corrected chi connectivity index (χ2v) is 29.4. The molecule has 6 rings (SSSR count). The Balaban J connectivity index is 1.15. The Bertz CT molecular complexity index is 3520. The summed E-state index contributed by atoms with van der Waals surface area (Å²) in [5, 5.41) is 35.2. The quantitative estimate of drug-likeness (QED) is 0.0149. The lowest BCUT2D eigenvalue weighted by Gasteiger charge is -2.32. The molecule has 11 amide bonds. The second-order valence-electron chi connectivity index (χ2n) is 29.4. The predicted molar refractivity (Wildman–Crippen MR) is 392 cm³/mol. The van der Waals surface area contributed by atoms with Crippen molar-refractivity contribution < 1.29 is 76.9 Å². The van der Waals surface area contributed by atoms with Crippen LogP contribution >= 0.6 is 0 Å². The molecule has 0 aliphatic carbocycles. The van der Waals surface area contributed by atoms with Crippen LogP contribution in [-0.4, -0.2) is 178 Å². The highest BCUT2D eigenvalue weighted by molar-refractivity contribution is 5.99. The van der Waals surface area contributed by atoms with Crippen molar-refractivity contribution in [3.8, 4) is 0 Å². The highest BCUT2D eigenvalue weighted by Crippen LogP contribution is 2.24. The molecule has 27 nitrogen and oxygen atoms in total. The molecule has 10 N–H and O–H groups in total. The molecule has 2 heterocycles. The molecule has 2 fully saturated rings. The molecular weight excluding hydrogens is 1350 g/mol. The molecule has 4 aromatic rings. The predicted octanol–water partition coefficient (Wildman–Crippen LogP) is 5.59. The number of hydrogen-bond acceptors (Lipinski definition) is 16. The molecule has 105 heavy (non-hydrogen) atoms. The van der Waals surface area contributed by atoms with Gasteiger partial charge in [-0.25, -0.2) is 14.4 Å². The highest BCUT2D eigenvalue weighted by Gasteiger charge is 2.43. The van der Waals surface area contributed by atoms with Gasteiger partial charge in [-0.1, -0.05) is 177 Å². The summed E-state index contributed by atoms with van der Waals surface area (Å²) in [7, 11) is 0. The maximum absolute atomic E-state index is 15.1. The number of amides is 11. The summed E-state index contributed by atoms with van der Waals surface area (Å²) in [5.74, 6) is -8.81. The maximum atomic E-state index is 15.1.